The molecule has 0 N–H and O–H groups in total. The van der Waals surface area contributed by atoms with Crippen molar-refractivity contribution in [2.24, 2.45) is 11.8 Å². The summed E-state index contributed by atoms with van der Waals surface area (Å²) >= 11 is 2.05. The van der Waals surface area contributed by atoms with Gasteiger partial charge in [0.1, 0.15) is 0 Å². The predicted molar refractivity (Wildman–Crippen MR) is 266 cm³/mol. The van der Waals surface area contributed by atoms with E-state index >= 15 is 0 Å². The second kappa shape index (κ2) is 51.2. The van der Waals surface area contributed by atoms with E-state index in [1.807, 2.05) is 0 Å². The molecule has 0 radical (unpaired) electrons. The molecule has 0 aromatic heterocycles. The van der Waals surface area contributed by atoms with Crippen molar-refractivity contribution >= 4 is 11.8 Å². The Morgan fingerprint density at radius 3 is 0.893 bits per heavy atom. The molecule has 1 heteroatoms. The van der Waals surface area contributed by atoms with E-state index in [-0.39, 0.29) is 0 Å². The first-order valence-corrected chi connectivity index (χ1v) is 27.6. The molecule has 0 aromatic carbocycles. The van der Waals surface area contributed by atoms with Gasteiger partial charge in [0.15, 0.2) is 0 Å². The van der Waals surface area contributed by atoms with E-state index in [1.54, 1.807) is 0 Å². The van der Waals surface area contributed by atoms with E-state index in [1.165, 1.54) is 281 Å². The standard InChI is InChI=1S/C35H70S.C20H42/c1-6-8-9-10-11-12-13-14-15-16-17-18-19-20-21-22-23-24-25-26-27-28-29-31-34(4)36-35(5)32-33(3)30-7-2;1-4-6-7-8-9-10-11-12-13-14-15-16-17-19-20(3)18-5-2/h33,35H,4,6-32H2,1-3,5H3;20H,4-19H2,1-3H3. The van der Waals surface area contributed by atoms with Crippen molar-refractivity contribution in [2.45, 2.75) is 330 Å². The fourth-order valence-electron chi connectivity index (χ4n) is 8.82. The molecule has 0 bridgehead atoms. The summed E-state index contributed by atoms with van der Waals surface area (Å²) in [6.07, 6.45) is 62.2. The summed E-state index contributed by atoms with van der Waals surface area (Å²) in [5, 5.41) is 0.739. The second-order valence-corrected chi connectivity index (χ2v) is 20.7. The summed E-state index contributed by atoms with van der Waals surface area (Å²) in [4.78, 5) is 1.43. The molecule has 3 atom stereocenters. The summed E-state index contributed by atoms with van der Waals surface area (Å²) in [5.41, 5.74) is 0. The topological polar surface area (TPSA) is 0 Å². The Labute approximate surface area is 363 Å². The van der Waals surface area contributed by atoms with E-state index in [0.717, 1.165) is 17.1 Å². The van der Waals surface area contributed by atoms with Gasteiger partial charge in [0.2, 0.25) is 0 Å². The fourth-order valence-corrected chi connectivity index (χ4v) is 10.1. The second-order valence-electron chi connectivity index (χ2n) is 19.1. The van der Waals surface area contributed by atoms with Crippen LogP contribution in [-0.2, 0) is 0 Å². The van der Waals surface area contributed by atoms with Gasteiger partial charge in [0.05, 0.1) is 0 Å². The lowest BCUT2D eigenvalue weighted by Gasteiger charge is -2.17. The Kier molecular flexibility index (Phi) is 53.2. The quantitative estimate of drug-likeness (QED) is 0.0552. The third-order valence-corrected chi connectivity index (χ3v) is 13.7. The predicted octanol–water partition coefficient (Wildman–Crippen LogP) is 21.7. The van der Waals surface area contributed by atoms with E-state index < -0.39 is 0 Å². The average Bonchev–Trinajstić information content (AvgIpc) is 3.17. The third kappa shape index (κ3) is 52.1. The van der Waals surface area contributed by atoms with Crippen LogP contribution in [-0.4, -0.2) is 5.25 Å². The van der Waals surface area contributed by atoms with Gasteiger partial charge in [-0.05, 0) is 36.0 Å². The monoisotopic (exact) mass is 805 g/mol. The van der Waals surface area contributed by atoms with Gasteiger partial charge in [-0.3, -0.25) is 0 Å². The molecule has 0 heterocycles. The Morgan fingerprint density at radius 2 is 0.589 bits per heavy atom. The van der Waals surface area contributed by atoms with Crippen LogP contribution in [0.15, 0.2) is 11.5 Å². The molecule has 0 rings (SSSR count). The molecule has 338 valence electrons. The van der Waals surface area contributed by atoms with Crippen LogP contribution >= 0.6 is 11.8 Å². The van der Waals surface area contributed by atoms with Gasteiger partial charge in [0, 0.05) is 5.25 Å². The Balaban J connectivity index is 0. The van der Waals surface area contributed by atoms with E-state index in [2.05, 4.69) is 66.8 Å². The lowest BCUT2D eigenvalue weighted by atomic mass is 9.98. The van der Waals surface area contributed by atoms with Crippen molar-refractivity contribution in [1.29, 1.82) is 0 Å². The summed E-state index contributed by atoms with van der Waals surface area (Å²) in [7, 11) is 0. The molecule has 0 aliphatic carbocycles. The van der Waals surface area contributed by atoms with Crippen molar-refractivity contribution in [3.63, 3.8) is 0 Å². The van der Waals surface area contributed by atoms with Crippen LogP contribution in [0, 0.1) is 11.8 Å². The van der Waals surface area contributed by atoms with Gasteiger partial charge in [-0.1, -0.05) is 312 Å². The zero-order valence-electron chi connectivity index (χ0n) is 40.8. The molecule has 0 aromatic rings. The van der Waals surface area contributed by atoms with Crippen LogP contribution < -0.4 is 0 Å². The molecule has 0 fully saturated rings. The first-order chi connectivity index (χ1) is 27.4. The first kappa shape index (κ1) is 58.2. The van der Waals surface area contributed by atoms with Crippen molar-refractivity contribution in [1.82, 2.24) is 0 Å². The van der Waals surface area contributed by atoms with Gasteiger partial charge in [-0.15, -0.1) is 11.8 Å². The molecule has 3 unspecified atom stereocenters. The van der Waals surface area contributed by atoms with Crippen molar-refractivity contribution in [3.05, 3.63) is 11.5 Å². The van der Waals surface area contributed by atoms with Crippen LogP contribution in [0.1, 0.15) is 325 Å². The molecule has 0 aliphatic rings. The highest BCUT2D eigenvalue weighted by Gasteiger charge is 2.10. The molecule has 0 saturated heterocycles. The van der Waals surface area contributed by atoms with Crippen molar-refractivity contribution in [3.8, 4) is 0 Å². The maximum absolute atomic E-state index is 4.34. The Morgan fingerprint density at radius 1 is 0.321 bits per heavy atom. The molecule has 0 saturated carbocycles. The lowest BCUT2D eigenvalue weighted by Crippen LogP contribution is -2.04. The highest BCUT2D eigenvalue weighted by molar-refractivity contribution is 8.03. The summed E-state index contributed by atoms with van der Waals surface area (Å²) < 4.78 is 0. The Hall–Kier alpha value is 0.0900. The normalized spacial score (nSPS) is 13.1. The smallest absolute Gasteiger partial charge is 0.00651 e. The fraction of sp³-hybridized carbons (Fsp3) is 0.964. The van der Waals surface area contributed by atoms with Crippen molar-refractivity contribution in [2.75, 3.05) is 0 Å². The van der Waals surface area contributed by atoms with Crippen LogP contribution in [0.5, 0.6) is 0 Å². The minimum absolute atomic E-state index is 0.739. The third-order valence-electron chi connectivity index (χ3n) is 12.5. The summed E-state index contributed by atoms with van der Waals surface area (Å²) in [6, 6.07) is 0. The van der Waals surface area contributed by atoms with Gasteiger partial charge < -0.3 is 0 Å². The molecule has 0 spiro atoms. The number of hydrogen-bond acceptors (Lipinski definition) is 1. The highest BCUT2D eigenvalue weighted by Crippen LogP contribution is 2.30. The number of allylic oxidation sites excluding steroid dienone is 1. The van der Waals surface area contributed by atoms with Gasteiger partial charge in [-0.25, -0.2) is 0 Å². The first-order valence-electron chi connectivity index (χ1n) is 26.7. The molecule has 56 heavy (non-hydrogen) atoms. The SMILES string of the molecule is C=C(CCCCCCCCCCCCCCCCCCCCCCCCC)SC(C)CC(C)CCC.CCCCCCCCCCCCCCCC(C)CCC. The van der Waals surface area contributed by atoms with E-state index in [9.17, 15) is 0 Å². The molecule has 0 amide bonds. The van der Waals surface area contributed by atoms with E-state index in [4.69, 9.17) is 0 Å². The number of rotatable bonds is 46. The number of hydrogen-bond donors (Lipinski definition) is 0. The minimum atomic E-state index is 0.739. The summed E-state index contributed by atoms with van der Waals surface area (Å²) in [5.74, 6) is 1.83. The maximum atomic E-state index is 4.34. The molecule has 0 aliphatic heterocycles. The highest BCUT2D eigenvalue weighted by atomic mass is 32.2. The largest absolute Gasteiger partial charge is 0.128 e. The van der Waals surface area contributed by atoms with Crippen LogP contribution in [0.4, 0.5) is 0 Å². The van der Waals surface area contributed by atoms with Crippen LogP contribution in [0.25, 0.3) is 0 Å². The van der Waals surface area contributed by atoms with Crippen LogP contribution in [0.3, 0.4) is 0 Å². The zero-order chi connectivity index (χ0) is 41.4. The van der Waals surface area contributed by atoms with Crippen molar-refractivity contribution < 1.29 is 0 Å². The van der Waals surface area contributed by atoms with Gasteiger partial charge in [0.25, 0.3) is 0 Å². The zero-order valence-corrected chi connectivity index (χ0v) is 41.6. The average molecular weight is 806 g/mol. The molecule has 0 nitrogen and oxygen atoms in total. The minimum Gasteiger partial charge on any atom is -0.128 e. The van der Waals surface area contributed by atoms with Crippen LogP contribution in [0.2, 0.25) is 0 Å². The van der Waals surface area contributed by atoms with Gasteiger partial charge in [-0.2, -0.15) is 0 Å². The number of thioether (sulfide) groups is 1. The maximum Gasteiger partial charge on any atom is 0.00651 e. The molecular formula is C55H112S. The lowest BCUT2D eigenvalue weighted by molar-refractivity contribution is 0.450. The summed E-state index contributed by atoms with van der Waals surface area (Å²) in [6.45, 7) is 20.8. The molecular weight excluding hydrogens is 693 g/mol. The Bertz CT molecular complexity index is 697. The van der Waals surface area contributed by atoms with Gasteiger partial charge >= 0.3 is 0 Å². The van der Waals surface area contributed by atoms with E-state index in [0.29, 0.717) is 0 Å². The number of unbranched alkanes of at least 4 members (excludes halogenated alkanes) is 34.